The van der Waals surface area contributed by atoms with Gasteiger partial charge in [0, 0.05) is 26.1 Å². The van der Waals surface area contributed by atoms with Gasteiger partial charge in [0.05, 0.1) is 6.04 Å². The Kier molecular flexibility index (Phi) is 6.08. The highest BCUT2D eigenvalue weighted by molar-refractivity contribution is 5.82. The van der Waals surface area contributed by atoms with E-state index >= 15 is 0 Å². The lowest BCUT2D eigenvalue weighted by Crippen LogP contribution is -2.49. The van der Waals surface area contributed by atoms with Crippen molar-refractivity contribution < 1.29 is 14.7 Å². The van der Waals surface area contributed by atoms with Crippen LogP contribution >= 0.6 is 0 Å². The number of amides is 1. The molecule has 1 aromatic rings. The number of rotatable bonds is 6. The van der Waals surface area contributed by atoms with E-state index in [4.69, 9.17) is 5.11 Å². The molecule has 2 aliphatic rings. The standard InChI is InChI=1S/C20H28N2O3/c23-19(24)11-10-17-8-4-13-22(15-17)20(25)18-9-5-12-21(18)14-16-6-2-1-3-7-16/h1-3,6-7,17-18H,4-5,8-15H2,(H,23,24)/t17-,18-/m1/s1. The Bertz CT molecular complexity index is 590. The molecule has 136 valence electrons. The quantitative estimate of drug-likeness (QED) is 0.862. The number of carboxylic acid groups (broad SMARTS) is 1. The number of nitrogens with zero attached hydrogens (tertiary/aromatic N) is 2. The summed E-state index contributed by atoms with van der Waals surface area (Å²) < 4.78 is 0. The fourth-order valence-electron chi connectivity index (χ4n) is 4.15. The molecule has 1 N–H and O–H groups in total. The minimum absolute atomic E-state index is 0.0153. The van der Waals surface area contributed by atoms with E-state index in [1.165, 1.54) is 5.56 Å². The van der Waals surface area contributed by atoms with Crippen molar-refractivity contribution in [3.05, 3.63) is 35.9 Å². The third kappa shape index (κ3) is 4.82. The fraction of sp³-hybridized carbons (Fsp3) is 0.600. The van der Waals surface area contributed by atoms with E-state index in [1.54, 1.807) is 0 Å². The van der Waals surface area contributed by atoms with Gasteiger partial charge in [0.1, 0.15) is 0 Å². The first-order chi connectivity index (χ1) is 12.1. The van der Waals surface area contributed by atoms with Crippen LogP contribution in [0, 0.1) is 5.92 Å². The minimum Gasteiger partial charge on any atom is -0.481 e. The van der Waals surface area contributed by atoms with Crippen LogP contribution in [0.15, 0.2) is 30.3 Å². The number of carboxylic acids is 1. The smallest absolute Gasteiger partial charge is 0.303 e. The van der Waals surface area contributed by atoms with Crippen LogP contribution in [0.2, 0.25) is 0 Å². The first kappa shape index (κ1) is 17.9. The normalized spacial score (nSPS) is 24.4. The topological polar surface area (TPSA) is 60.9 Å². The number of aliphatic carboxylic acids is 1. The van der Waals surface area contributed by atoms with Crippen molar-refractivity contribution in [2.75, 3.05) is 19.6 Å². The molecule has 0 saturated carbocycles. The maximum Gasteiger partial charge on any atom is 0.303 e. The van der Waals surface area contributed by atoms with Crippen molar-refractivity contribution in [2.24, 2.45) is 5.92 Å². The highest BCUT2D eigenvalue weighted by atomic mass is 16.4. The molecule has 3 rings (SSSR count). The molecule has 0 aliphatic carbocycles. The molecule has 0 aromatic heterocycles. The van der Waals surface area contributed by atoms with Gasteiger partial charge >= 0.3 is 5.97 Å². The molecule has 2 heterocycles. The summed E-state index contributed by atoms with van der Waals surface area (Å²) in [6, 6.07) is 10.3. The van der Waals surface area contributed by atoms with Gasteiger partial charge in [0.15, 0.2) is 0 Å². The predicted octanol–water partition coefficient (Wildman–Crippen LogP) is 2.75. The lowest BCUT2D eigenvalue weighted by molar-refractivity contribution is -0.138. The summed E-state index contributed by atoms with van der Waals surface area (Å²) in [5, 5.41) is 8.88. The summed E-state index contributed by atoms with van der Waals surface area (Å²) in [5.41, 5.74) is 1.25. The van der Waals surface area contributed by atoms with Crippen LogP contribution in [0.4, 0.5) is 0 Å². The van der Waals surface area contributed by atoms with Gasteiger partial charge in [-0.25, -0.2) is 0 Å². The maximum absolute atomic E-state index is 13.1. The van der Waals surface area contributed by atoms with E-state index in [9.17, 15) is 9.59 Å². The summed E-state index contributed by atoms with van der Waals surface area (Å²) in [4.78, 5) is 28.1. The largest absolute Gasteiger partial charge is 0.481 e. The van der Waals surface area contributed by atoms with Crippen molar-refractivity contribution >= 4 is 11.9 Å². The zero-order valence-corrected chi connectivity index (χ0v) is 14.8. The van der Waals surface area contributed by atoms with Crippen LogP contribution in [-0.2, 0) is 16.1 Å². The molecule has 0 unspecified atom stereocenters. The van der Waals surface area contributed by atoms with Gasteiger partial charge in [-0.05, 0) is 50.1 Å². The molecular formula is C20H28N2O3. The van der Waals surface area contributed by atoms with Crippen molar-refractivity contribution in [1.29, 1.82) is 0 Å². The Labute approximate surface area is 149 Å². The van der Waals surface area contributed by atoms with Crippen LogP contribution < -0.4 is 0 Å². The third-order valence-electron chi connectivity index (χ3n) is 5.47. The van der Waals surface area contributed by atoms with Gasteiger partial charge in [-0.1, -0.05) is 30.3 Å². The Morgan fingerprint density at radius 2 is 1.84 bits per heavy atom. The van der Waals surface area contributed by atoms with Gasteiger partial charge in [0.2, 0.25) is 5.91 Å². The molecule has 2 aliphatic heterocycles. The number of carbonyl (C=O) groups excluding carboxylic acids is 1. The van der Waals surface area contributed by atoms with E-state index in [-0.39, 0.29) is 18.4 Å². The number of carbonyl (C=O) groups is 2. The zero-order valence-electron chi connectivity index (χ0n) is 14.8. The molecule has 2 fully saturated rings. The number of likely N-dealkylation sites (tertiary alicyclic amines) is 2. The summed E-state index contributed by atoms with van der Waals surface area (Å²) in [6.45, 7) is 3.34. The van der Waals surface area contributed by atoms with Crippen molar-refractivity contribution in [1.82, 2.24) is 9.80 Å². The number of benzene rings is 1. The Balaban J connectivity index is 1.58. The predicted molar refractivity (Wildman–Crippen MR) is 96.0 cm³/mol. The molecule has 5 nitrogen and oxygen atoms in total. The SMILES string of the molecule is O=C(O)CC[C@H]1CCCN(C(=O)[C@H]2CCCN2Cc2ccccc2)C1. The summed E-state index contributed by atoms with van der Waals surface area (Å²) in [7, 11) is 0. The van der Waals surface area contributed by atoms with Crippen LogP contribution in [0.5, 0.6) is 0 Å². The molecule has 2 saturated heterocycles. The second kappa shape index (κ2) is 8.48. The van der Waals surface area contributed by atoms with Crippen LogP contribution in [-0.4, -0.2) is 52.5 Å². The maximum atomic E-state index is 13.1. The monoisotopic (exact) mass is 344 g/mol. The van der Waals surface area contributed by atoms with Crippen molar-refractivity contribution in [3.8, 4) is 0 Å². The van der Waals surface area contributed by atoms with E-state index in [0.717, 1.165) is 51.9 Å². The summed E-state index contributed by atoms with van der Waals surface area (Å²) in [5.74, 6) is -0.167. The Morgan fingerprint density at radius 1 is 1.08 bits per heavy atom. The molecule has 2 atom stereocenters. The van der Waals surface area contributed by atoms with Crippen molar-refractivity contribution in [2.45, 2.75) is 51.1 Å². The molecule has 5 heteroatoms. The van der Waals surface area contributed by atoms with E-state index in [0.29, 0.717) is 12.3 Å². The second-order valence-electron chi connectivity index (χ2n) is 7.34. The molecule has 1 aromatic carbocycles. The second-order valence-corrected chi connectivity index (χ2v) is 7.34. The minimum atomic E-state index is -0.742. The number of piperidine rings is 1. The number of hydrogen-bond donors (Lipinski definition) is 1. The molecule has 1 amide bonds. The lowest BCUT2D eigenvalue weighted by atomic mass is 9.93. The van der Waals surface area contributed by atoms with Gasteiger partial charge < -0.3 is 10.0 Å². The Hall–Kier alpha value is -1.88. The first-order valence-electron chi connectivity index (χ1n) is 9.42. The van der Waals surface area contributed by atoms with Gasteiger partial charge in [-0.2, -0.15) is 0 Å². The van der Waals surface area contributed by atoms with Crippen LogP contribution in [0.25, 0.3) is 0 Å². The summed E-state index contributed by atoms with van der Waals surface area (Å²) >= 11 is 0. The highest BCUT2D eigenvalue weighted by Crippen LogP contribution is 2.26. The Morgan fingerprint density at radius 3 is 2.60 bits per heavy atom. The van der Waals surface area contributed by atoms with Crippen LogP contribution in [0.1, 0.15) is 44.1 Å². The van der Waals surface area contributed by atoms with Crippen LogP contribution in [0.3, 0.4) is 0 Å². The molecule has 0 bridgehead atoms. The van der Waals surface area contributed by atoms with Crippen molar-refractivity contribution in [3.63, 3.8) is 0 Å². The average molecular weight is 344 g/mol. The van der Waals surface area contributed by atoms with Gasteiger partial charge in [-0.15, -0.1) is 0 Å². The third-order valence-corrected chi connectivity index (χ3v) is 5.47. The number of hydrogen-bond acceptors (Lipinski definition) is 3. The van der Waals surface area contributed by atoms with E-state index in [2.05, 4.69) is 17.0 Å². The summed E-state index contributed by atoms with van der Waals surface area (Å²) in [6.07, 6.45) is 4.91. The highest BCUT2D eigenvalue weighted by Gasteiger charge is 2.35. The molecule has 0 radical (unpaired) electrons. The fourth-order valence-corrected chi connectivity index (χ4v) is 4.15. The lowest BCUT2D eigenvalue weighted by Gasteiger charge is -2.36. The van der Waals surface area contributed by atoms with Gasteiger partial charge in [0.25, 0.3) is 0 Å². The van der Waals surface area contributed by atoms with Gasteiger partial charge in [-0.3, -0.25) is 14.5 Å². The van der Waals surface area contributed by atoms with E-state index in [1.807, 2.05) is 23.1 Å². The first-order valence-corrected chi connectivity index (χ1v) is 9.42. The molecule has 0 spiro atoms. The zero-order chi connectivity index (χ0) is 17.6. The molecular weight excluding hydrogens is 316 g/mol. The molecule has 25 heavy (non-hydrogen) atoms. The average Bonchev–Trinajstić information content (AvgIpc) is 3.08. The van der Waals surface area contributed by atoms with E-state index < -0.39 is 5.97 Å².